The van der Waals surface area contributed by atoms with Gasteiger partial charge < -0.3 is 5.32 Å². The standard InChI is InChI=1S/C30H28F4N4O3S/c1-42(40,41)29(13-11-21(12-14-29)20-5-3-2-4-6-20)28(30(32,33)34)38-26(22-9-10-22)27(39)37-24(18-36)16-23-8-7-19(17-35)15-25(23)31/h2-8,11-13,15,22,24,26,28,38H,9-10,14,16H2,1H3,(H,37,39)/t24-,26?,28+,29+/m0/s1. The molecule has 12 heteroatoms. The number of amides is 1. The van der Waals surface area contributed by atoms with Crippen molar-refractivity contribution in [2.45, 2.75) is 54.7 Å². The third kappa shape index (κ3) is 6.72. The Bertz CT molecular complexity index is 1590. The lowest BCUT2D eigenvalue weighted by molar-refractivity contribution is -0.164. The summed E-state index contributed by atoms with van der Waals surface area (Å²) < 4.78 is 82.2. The first kappa shape index (κ1) is 30.9. The van der Waals surface area contributed by atoms with Gasteiger partial charge in [-0.15, -0.1) is 0 Å². The van der Waals surface area contributed by atoms with Crippen molar-refractivity contribution in [3.05, 3.63) is 89.3 Å². The second kappa shape index (κ2) is 12.1. The summed E-state index contributed by atoms with van der Waals surface area (Å²) in [6.07, 6.45) is -0.407. The summed E-state index contributed by atoms with van der Waals surface area (Å²) in [5.41, 5.74) is 1.38. The van der Waals surface area contributed by atoms with E-state index in [9.17, 15) is 36.0 Å². The molecule has 0 aromatic heterocycles. The molecule has 4 rings (SSSR count). The molecule has 2 aromatic carbocycles. The van der Waals surface area contributed by atoms with Gasteiger partial charge in [0.05, 0.1) is 23.7 Å². The van der Waals surface area contributed by atoms with Gasteiger partial charge in [-0.2, -0.15) is 23.7 Å². The summed E-state index contributed by atoms with van der Waals surface area (Å²) in [7, 11) is -4.39. The molecule has 0 heterocycles. The average molecular weight is 601 g/mol. The highest BCUT2D eigenvalue weighted by molar-refractivity contribution is 7.92. The fourth-order valence-electron chi connectivity index (χ4n) is 5.12. The van der Waals surface area contributed by atoms with Crippen molar-refractivity contribution >= 4 is 21.3 Å². The lowest BCUT2D eigenvalue weighted by Crippen LogP contribution is -2.66. The van der Waals surface area contributed by atoms with Crippen molar-refractivity contribution in [3.8, 4) is 12.1 Å². The van der Waals surface area contributed by atoms with Crippen molar-refractivity contribution in [2.24, 2.45) is 5.92 Å². The van der Waals surface area contributed by atoms with Crippen LogP contribution in [0, 0.1) is 34.4 Å². The molecule has 2 aromatic rings. The maximum Gasteiger partial charge on any atom is 0.405 e. The molecule has 42 heavy (non-hydrogen) atoms. The Morgan fingerprint density at radius 2 is 1.83 bits per heavy atom. The zero-order valence-electron chi connectivity index (χ0n) is 22.5. The molecule has 2 N–H and O–H groups in total. The van der Waals surface area contributed by atoms with Gasteiger partial charge in [0.25, 0.3) is 0 Å². The van der Waals surface area contributed by atoms with Crippen LogP contribution in [0.3, 0.4) is 0 Å². The maximum atomic E-state index is 14.7. The van der Waals surface area contributed by atoms with Gasteiger partial charge in [0.15, 0.2) is 9.84 Å². The first-order valence-electron chi connectivity index (χ1n) is 13.1. The van der Waals surface area contributed by atoms with Crippen LogP contribution in [0.4, 0.5) is 17.6 Å². The Labute approximate surface area is 241 Å². The van der Waals surface area contributed by atoms with Crippen LogP contribution in [-0.4, -0.2) is 49.6 Å². The van der Waals surface area contributed by atoms with E-state index in [-0.39, 0.29) is 17.5 Å². The normalized spacial score (nSPS) is 20.9. The second-order valence-corrected chi connectivity index (χ2v) is 12.9. The predicted octanol–water partition coefficient (Wildman–Crippen LogP) is 4.37. The molecule has 1 saturated carbocycles. The lowest BCUT2D eigenvalue weighted by Gasteiger charge is -2.41. The molecule has 2 aliphatic rings. The summed E-state index contributed by atoms with van der Waals surface area (Å²) in [6.45, 7) is 0. The van der Waals surface area contributed by atoms with Gasteiger partial charge in [0.1, 0.15) is 22.6 Å². The number of nitrogens with one attached hydrogen (secondary N) is 2. The van der Waals surface area contributed by atoms with Gasteiger partial charge in [-0.3, -0.25) is 10.1 Å². The number of allylic oxidation sites excluding steroid dienone is 3. The highest BCUT2D eigenvalue weighted by Gasteiger charge is 2.59. The maximum absolute atomic E-state index is 14.7. The van der Waals surface area contributed by atoms with Crippen LogP contribution < -0.4 is 10.6 Å². The van der Waals surface area contributed by atoms with Crippen LogP contribution in [0.15, 0.2) is 66.8 Å². The third-order valence-electron chi connectivity index (χ3n) is 7.60. The Kier molecular flexibility index (Phi) is 8.90. The van der Waals surface area contributed by atoms with Gasteiger partial charge in [0, 0.05) is 12.7 Å². The van der Waals surface area contributed by atoms with Gasteiger partial charge >= 0.3 is 6.18 Å². The van der Waals surface area contributed by atoms with Crippen molar-refractivity contribution in [3.63, 3.8) is 0 Å². The van der Waals surface area contributed by atoms with Crippen LogP contribution >= 0.6 is 0 Å². The Morgan fingerprint density at radius 1 is 1.14 bits per heavy atom. The molecule has 1 amide bonds. The number of hydrogen-bond donors (Lipinski definition) is 2. The summed E-state index contributed by atoms with van der Waals surface area (Å²) in [5.74, 6) is -2.20. The van der Waals surface area contributed by atoms with Crippen LogP contribution in [-0.2, 0) is 21.1 Å². The van der Waals surface area contributed by atoms with E-state index >= 15 is 0 Å². The topological polar surface area (TPSA) is 123 Å². The summed E-state index contributed by atoms with van der Waals surface area (Å²) in [4.78, 5) is 13.3. The van der Waals surface area contributed by atoms with Crippen molar-refractivity contribution < 1.29 is 30.8 Å². The molecule has 0 saturated heterocycles. The molecular formula is C30H28F4N4O3S. The zero-order chi connectivity index (χ0) is 30.7. The van der Waals surface area contributed by atoms with E-state index in [2.05, 4.69) is 10.6 Å². The van der Waals surface area contributed by atoms with Gasteiger partial charge in [-0.1, -0.05) is 54.6 Å². The Hall–Kier alpha value is -4.00. The number of hydrogen-bond acceptors (Lipinski definition) is 6. The van der Waals surface area contributed by atoms with Crippen molar-refractivity contribution in [2.75, 3.05) is 6.26 Å². The molecule has 4 atom stereocenters. The predicted molar refractivity (Wildman–Crippen MR) is 148 cm³/mol. The number of carbonyl (C=O) groups excluding carboxylic acids is 1. The number of nitriles is 2. The second-order valence-electron chi connectivity index (χ2n) is 10.6. The molecule has 1 unspecified atom stereocenters. The number of sulfone groups is 1. The monoisotopic (exact) mass is 600 g/mol. The van der Waals surface area contributed by atoms with Gasteiger partial charge in [0.2, 0.25) is 5.91 Å². The third-order valence-corrected chi connectivity index (χ3v) is 9.52. The number of alkyl halides is 3. The van der Waals surface area contributed by atoms with Crippen LogP contribution in [0.2, 0.25) is 0 Å². The minimum Gasteiger partial charge on any atom is -0.339 e. The summed E-state index contributed by atoms with van der Waals surface area (Å²) in [5, 5.41) is 23.3. The van der Waals surface area contributed by atoms with Gasteiger partial charge in [-0.05, 0) is 54.0 Å². The van der Waals surface area contributed by atoms with E-state index in [0.29, 0.717) is 24.0 Å². The SMILES string of the molecule is CS(=O)(=O)[C@]1([C@@H](NC(C(=O)N[C@H](C#N)Cc2ccc(C#N)cc2F)C2CC2)C(F)(F)F)C=CC(c2ccccc2)=CC1. The number of halogens is 4. The number of rotatable bonds is 10. The molecule has 0 radical (unpaired) electrons. The Balaban J connectivity index is 1.60. The van der Waals surface area contributed by atoms with Crippen LogP contribution in [0.5, 0.6) is 0 Å². The van der Waals surface area contributed by atoms with E-state index < -0.39 is 62.9 Å². The largest absolute Gasteiger partial charge is 0.405 e. The van der Waals surface area contributed by atoms with Crippen LogP contribution in [0.1, 0.15) is 36.0 Å². The highest BCUT2D eigenvalue weighted by atomic mass is 32.2. The first-order valence-corrected chi connectivity index (χ1v) is 15.0. The molecule has 1 fully saturated rings. The molecule has 0 bridgehead atoms. The van der Waals surface area contributed by atoms with Crippen molar-refractivity contribution in [1.82, 2.24) is 10.6 Å². The minimum atomic E-state index is -5.07. The molecule has 220 valence electrons. The van der Waals surface area contributed by atoms with Crippen LogP contribution in [0.25, 0.3) is 5.57 Å². The van der Waals surface area contributed by atoms with Crippen molar-refractivity contribution in [1.29, 1.82) is 10.5 Å². The molecular weight excluding hydrogens is 572 g/mol. The summed E-state index contributed by atoms with van der Waals surface area (Å²) >= 11 is 0. The van der Waals surface area contributed by atoms with E-state index in [0.717, 1.165) is 18.4 Å². The zero-order valence-corrected chi connectivity index (χ0v) is 23.3. The molecule has 7 nitrogen and oxygen atoms in total. The minimum absolute atomic E-state index is 0.0364. The summed E-state index contributed by atoms with van der Waals surface area (Å²) in [6, 6.07) is 10.6. The highest BCUT2D eigenvalue weighted by Crippen LogP contribution is 2.43. The van der Waals surface area contributed by atoms with Gasteiger partial charge in [-0.25, -0.2) is 12.8 Å². The fourth-order valence-corrected chi connectivity index (χ4v) is 6.46. The van der Waals surface area contributed by atoms with E-state index in [1.165, 1.54) is 24.3 Å². The van der Waals surface area contributed by atoms with E-state index in [4.69, 9.17) is 5.26 Å². The first-order chi connectivity index (χ1) is 19.8. The number of nitrogens with zero attached hydrogens (tertiary/aromatic N) is 2. The number of benzene rings is 2. The molecule has 2 aliphatic carbocycles. The quantitative estimate of drug-likeness (QED) is 0.391. The van der Waals surface area contributed by atoms with E-state index in [1.54, 1.807) is 36.4 Å². The Morgan fingerprint density at radius 3 is 2.33 bits per heavy atom. The lowest BCUT2D eigenvalue weighted by atomic mass is 9.86. The van der Waals surface area contributed by atoms with E-state index in [1.807, 2.05) is 6.07 Å². The molecule has 0 aliphatic heterocycles. The fraction of sp³-hybridized carbons (Fsp3) is 0.367. The smallest absolute Gasteiger partial charge is 0.339 e. The average Bonchev–Trinajstić information content (AvgIpc) is 3.78. The number of carbonyl (C=O) groups is 1. The molecule has 0 spiro atoms.